The van der Waals surface area contributed by atoms with Gasteiger partial charge in [0.25, 0.3) is 0 Å². The van der Waals surface area contributed by atoms with Crippen molar-refractivity contribution in [3.8, 4) is 11.8 Å². The van der Waals surface area contributed by atoms with Gasteiger partial charge in [-0.05, 0) is 32.0 Å². The Hall–Kier alpha value is -2.54. The first-order chi connectivity index (χ1) is 9.52. The third-order valence-electron chi connectivity index (χ3n) is 3.15. The van der Waals surface area contributed by atoms with Crippen LogP contribution in [0.2, 0.25) is 0 Å². The van der Waals surface area contributed by atoms with Gasteiger partial charge in [0.15, 0.2) is 0 Å². The molecule has 2 rings (SSSR count). The Balaban J connectivity index is 2.33. The van der Waals surface area contributed by atoms with Crippen LogP contribution in [-0.2, 0) is 0 Å². The van der Waals surface area contributed by atoms with Gasteiger partial charge in [-0.25, -0.2) is 4.39 Å². The van der Waals surface area contributed by atoms with E-state index in [2.05, 4.69) is 5.32 Å². The third kappa shape index (κ3) is 2.72. The highest BCUT2D eigenvalue weighted by molar-refractivity contribution is 5.59. The Morgan fingerprint density at radius 1 is 1.30 bits per heavy atom. The van der Waals surface area contributed by atoms with E-state index < -0.39 is 5.82 Å². The van der Waals surface area contributed by atoms with Crippen LogP contribution in [0, 0.1) is 24.1 Å². The van der Waals surface area contributed by atoms with Crippen LogP contribution >= 0.6 is 0 Å². The van der Waals surface area contributed by atoms with Gasteiger partial charge in [0.1, 0.15) is 23.2 Å². The number of nitrogens with one attached hydrogen (secondary N) is 1. The van der Waals surface area contributed by atoms with Gasteiger partial charge in [0, 0.05) is 5.56 Å². The molecular weight excluding hydrogens is 255 g/mol. The molecule has 0 spiro atoms. The third-order valence-corrected chi connectivity index (χ3v) is 3.15. The molecule has 0 amide bonds. The van der Waals surface area contributed by atoms with Crippen molar-refractivity contribution in [3.05, 3.63) is 58.9 Å². The molecular formula is C16H15FN2O. The maximum absolute atomic E-state index is 13.5. The lowest BCUT2D eigenvalue weighted by atomic mass is 10.0. The van der Waals surface area contributed by atoms with Gasteiger partial charge in [-0.2, -0.15) is 5.26 Å². The van der Waals surface area contributed by atoms with Crippen molar-refractivity contribution in [1.29, 1.82) is 5.26 Å². The second-order valence-corrected chi connectivity index (χ2v) is 4.70. The van der Waals surface area contributed by atoms with E-state index in [1.165, 1.54) is 6.07 Å². The summed E-state index contributed by atoms with van der Waals surface area (Å²) in [6, 6.07) is 11.3. The Kier molecular flexibility index (Phi) is 3.90. The number of rotatable bonds is 3. The second kappa shape index (κ2) is 5.62. The number of aromatic hydroxyl groups is 1. The van der Waals surface area contributed by atoms with Gasteiger partial charge in [-0.1, -0.05) is 23.8 Å². The molecule has 2 aromatic rings. The van der Waals surface area contributed by atoms with Crippen LogP contribution < -0.4 is 5.32 Å². The SMILES string of the molecule is Cc1ccc(O)c(C(C)Nc2cccc(F)c2C#N)c1. The van der Waals surface area contributed by atoms with Crippen LogP contribution in [-0.4, -0.2) is 5.11 Å². The number of hydrogen-bond acceptors (Lipinski definition) is 3. The highest BCUT2D eigenvalue weighted by atomic mass is 19.1. The van der Waals surface area contributed by atoms with Crippen LogP contribution in [0.15, 0.2) is 36.4 Å². The van der Waals surface area contributed by atoms with E-state index >= 15 is 0 Å². The molecule has 0 aliphatic carbocycles. The molecule has 2 aromatic carbocycles. The number of halogens is 1. The van der Waals surface area contributed by atoms with Gasteiger partial charge in [0.05, 0.1) is 11.7 Å². The number of nitriles is 1. The normalized spacial score (nSPS) is 11.7. The molecule has 2 N–H and O–H groups in total. The lowest BCUT2D eigenvalue weighted by Gasteiger charge is -2.18. The van der Waals surface area contributed by atoms with Crippen molar-refractivity contribution in [2.45, 2.75) is 19.9 Å². The van der Waals surface area contributed by atoms with Gasteiger partial charge < -0.3 is 10.4 Å². The predicted octanol–water partition coefficient (Wildman–Crippen LogP) is 3.88. The summed E-state index contributed by atoms with van der Waals surface area (Å²) in [6.45, 7) is 3.78. The fraction of sp³-hybridized carbons (Fsp3) is 0.188. The smallest absolute Gasteiger partial charge is 0.143 e. The molecule has 0 bridgehead atoms. The standard InChI is InChI=1S/C16H15FN2O/c1-10-6-7-16(20)12(8-10)11(2)19-15-5-3-4-14(17)13(15)9-18/h3-8,11,19-20H,1-2H3. The highest BCUT2D eigenvalue weighted by Crippen LogP contribution is 2.29. The predicted molar refractivity (Wildman–Crippen MR) is 76.0 cm³/mol. The van der Waals surface area contributed by atoms with Crippen molar-refractivity contribution < 1.29 is 9.50 Å². The van der Waals surface area contributed by atoms with Crippen molar-refractivity contribution in [1.82, 2.24) is 0 Å². The van der Waals surface area contributed by atoms with Crippen LogP contribution in [0.5, 0.6) is 5.75 Å². The minimum Gasteiger partial charge on any atom is -0.508 e. The molecule has 0 aromatic heterocycles. The van der Waals surface area contributed by atoms with Crippen LogP contribution in [0.1, 0.15) is 29.7 Å². The number of hydrogen-bond donors (Lipinski definition) is 2. The van der Waals surface area contributed by atoms with Gasteiger partial charge in [0.2, 0.25) is 0 Å². The summed E-state index contributed by atoms with van der Waals surface area (Å²) in [5, 5.41) is 22.0. The molecule has 1 unspecified atom stereocenters. The Bertz CT molecular complexity index is 677. The van der Waals surface area contributed by atoms with Gasteiger partial charge in [-0.3, -0.25) is 0 Å². The van der Waals surface area contributed by atoms with Crippen LogP contribution in [0.4, 0.5) is 10.1 Å². The molecule has 20 heavy (non-hydrogen) atoms. The van der Waals surface area contributed by atoms with E-state index in [9.17, 15) is 9.50 Å². The minimum atomic E-state index is -0.557. The Morgan fingerprint density at radius 3 is 2.75 bits per heavy atom. The van der Waals surface area contributed by atoms with E-state index in [-0.39, 0.29) is 17.4 Å². The number of phenolic OH excluding ortho intramolecular Hbond substituents is 1. The monoisotopic (exact) mass is 270 g/mol. The zero-order valence-corrected chi connectivity index (χ0v) is 11.3. The summed E-state index contributed by atoms with van der Waals surface area (Å²) in [7, 11) is 0. The van der Waals surface area contributed by atoms with Crippen molar-refractivity contribution in [3.63, 3.8) is 0 Å². The topological polar surface area (TPSA) is 56.0 Å². The molecule has 1 atom stereocenters. The van der Waals surface area contributed by atoms with E-state index in [1.807, 2.05) is 32.0 Å². The fourth-order valence-corrected chi connectivity index (χ4v) is 2.09. The first-order valence-electron chi connectivity index (χ1n) is 6.27. The van der Waals surface area contributed by atoms with Crippen molar-refractivity contribution in [2.24, 2.45) is 0 Å². The highest BCUT2D eigenvalue weighted by Gasteiger charge is 2.14. The van der Waals surface area contributed by atoms with E-state index in [0.29, 0.717) is 11.3 Å². The molecule has 0 aliphatic rings. The minimum absolute atomic E-state index is 0.0218. The Morgan fingerprint density at radius 2 is 2.05 bits per heavy atom. The van der Waals surface area contributed by atoms with E-state index in [4.69, 9.17) is 5.26 Å². The number of aryl methyl sites for hydroxylation is 1. The molecule has 4 heteroatoms. The summed E-state index contributed by atoms with van der Waals surface area (Å²) >= 11 is 0. The van der Waals surface area contributed by atoms with Crippen LogP contribution in [0.3, 0.4) is 0 Å². The molecule has 0 heterocycles. The summed E-state index contributed by atoms with van der Waals surface area (Å²) in [6.07, 6.45) is 0. The quantitative estimate of drug-likeness (QED) is 0.889. The number of nitrogens with zero attached hydrogens (tertiary/aromatic N) is 1. The van der Waals surface area contributed by atoms with E-state index in [1.54, 1.807) is 18.2 Å². The van der Waals surface area contributed by atoms with Crippen LogP contribution in [0.25, 0.3) is 0 Å². The summed E-state index contributed by atoms with van der Waals surface area (Å²) < 4.78 is 13.5. The maximum atomic E-state index is 13.5. The number of benzene rings is 2. The first kappa shape index (κ1) is 13.9. The lowest BCUT2D eigenvalue weighted by molar-refractivity contribution is 0.465. The number of anilines is 1. The van der Waals surface area contributed by atoms with Crippen molar-refractivity contribution in [2.75, 3.05) is 5.32 Å². The van der Waals surface area contributed by atoms with E-state index in [0.717, 1.165) is 5.56 Å². The van der Waals surface area contributed by atoms with Gasteiger partial charge in [-0.15, -0.1) is 0 Å². The average Bonchev–Trinajstić information content (AvgIpc) is 2.41. The lowest BCUT2D eigenvalue weighted by Crippen LogP contribution is -2.09. The molecule has 102 valence electrons. The number of phenols is 1. The zero-order valence-electron chi connectivity index (χ0n) is 11.3. The molecule has 0 radical (unpaired) electrons. The summed E-state index contributed by atoms with van der Waals surface area (Å²) in [5.41, 5.74) is 2.12. The average molecular weight is 270 g/mol. The Labute approximate surface area is 117 Å². The summed E-state index contributed by atoms with van der Waals surface area (Å²) in [4.78, 5) is 0. The summed E-state index contributed by atoms with van der Waals surface area (Å²) in [5.74, 6) is -0.385. The first-order valence-corrected chi connectivity index (χ1v) is 6.27. The molecule has 0 saturated heterocycles. The molecule has 0 saturated carbocycles. The van der Waals surface area contributed by atoms with Crippen molar-refractivity contribution >= 4 is 5.69 Å². The molecule has 0 aliphatic heterocycles. The molecule has 0 fully saturated rings. The molecule has 3 nitrogen and oxygen atoms in total. The zero-order chi connectivity index (χ0) is 14.7. The van der Waals surface area contributed by atoms with Gasteiger partial charge >= 0.3 is 0 Å². The maximum Gasteiger partial charge on any atom is 0.143 e. The fourth-order valence-electron chi connectivity index (χ4n) is 2.09. The second-order valence-electron chi connectivity index (χ2n) is 4.70. The largest absolute Gasteiger partial charge is 0.508 e.